The summed E-state index contributed by atoms with van der Waals surface area (Å²) in [6.07, 6.45) is 4.46. The van der Waals surface area contributed by atoms with E-state index in [1.165, 1.54) is 10.6 Å². The molecule has 9 heteroatoms. The molecule has 1 aromatic carbocycles. The van der Waals surface area contributed by atoms with Crippen molar-refractivity contribution in [3.63, 3.8) is 0 Å². The smallest absolute Gasteiger partial charge is 0.274 e. The Morgan fingerprint density at radius 1 is 1.35 bits per heavy atom. The number of carbonyl (C=O) groups is 1. The lowest BCUT2D eigenvalue weighted by molar-refractivity contribution is 0.00383. The lowest BCUT2D eigenvalue weighted by Crippen LogP contribution is -2.49. The van der Waals surface area contributed by atoms with Crippen molar-refractivity contribution in [1.29, 1.82) is 0 Å². The topological polar surface area (TPSA) is 87.4 Å². The summed E-state index contributed by atoms with van der Waals surface area (Å²) in [4.78, 5) is 26.1. The number of ether oxygens (including phenoxy) is 2. The molecule has 0 spiro atoms. The second-order valence-corrected chi connectivity index (χ2v) is 10.4. The van der Waals surface area contributed by atoms with E-state index in [9.17, 15) is 14.0 Å². The van der Waals surface area contributed by atoms with Crippen LogP contribution in [-0.4, -0.2) is 44.7 Å². The average Bonchev–Trinajstić information content (AvgIpc) is 3.08. The maximum atomic E-state index is 13.5. The minimum absolute atomic E-state index is 0.0691. The molecule has 178 valence electrons. The van der Waals surface area contributed by atoms with Gasteiger partial charge in [-0.05, 0) is 39.0 Å². The molecule has 0 radical (unpaired) electrons. The fourth-order valence-electron chi connectivity index (χ4n) is 5.40. The molecule has 1 N–H and O–H groups in total. The summed E-state index contributed by atoms with van der Waals surface area (Å²) in [5, 5.41) is 8.29. The lowest BCUT2D eigenvalue weighted by atomic mass is 9.69. The first-order valence-electron chi connectivity index (χ1n) is 11.7. The molecule has 2 aromatic heterocycles. The molecule has 7 rings (SSSR count). The molecule has 4 fully saturated rings. The van der Waals surface area contributed by atoms with E-state index in [4.69, 9.17) is 14.6 Å². The average molecular weight is 467 g/mol. The Hall–Kier alpha value is -3.20. The van der Waals surface area contributed by atoms with E-state index in [1.807, 2.05) is 24.7 Å². The van der Waals surface area contributed by atoms with Crippen LogP contribution < -0.4 is 15.6 Å². The molecular weight excluding hydrogens is 439 g/mol. The number of anilines is 1. The number of pyridine rings is 1. The van der Waals surface area contributed by atoms with E-state index < -0.39 is 23.7 Å². The van der Waals surface area contributed by atoms with Crippen LogP contribution in [0.1, 0.15) is 56.4 Å². The molecule has 4 heterocycles. The number of alkyl halides is 1. The Balaban J connectivity index is 1.35. The number of benzene rings is 1. The van der Waals surface area contributed by atoms with Crippen molar-refractivity contribution < 1.29 is 18.7 Å². The zero-order valence-electron chi connectivity index (χ0n) is 19.4. The van der Waals surface area contributed by atoms with Gasteiger partial charge in [0.05, 0.1) is 41.0 Å². The molecule has 34 heavy (non-hydrogen) atoms. The monoisotopic (exact) mass is 466 g/mol. The number of amides is 1. The summed E-state index contributed by atoms with van der Waals surface area (Å²) in [5.74, 6) is -0.0718. The number of carbonyl (C=O) groups excluding carboxylic acids is 1. The molecule has 4 aliphatic rings. The van der Waals surface area contributed by atoms with Crippen LogP contribution in [0, 0.1) is 0 Å². The second-order valence-electron chi connectivity index (χ2n) is 10.4. The van der Waals surface area contributed by atoms with Crippen molar-refractivity contribution >= 4 is 22.5 Å². The van der Waals surface area contributed by atoms with Crippen LogP contribution >= 0.6 is 0 Å². The number of nitrogens with one attached hydrogen (secondary N) is 1. The summed E-state index contributed by atoms with van der Waals surface area (Å²) in [7, 11) is 0. The normalized spacial score (nSPS) is 29.3. The maximum Gasteiger partial charge on any atom is 0.274 e. The standard InChI is InChI=1S/C25H27FN4O4/c1-14(2)34-21-9-19-15(10-30(28-19)25-11-24(3,12-25)33-13-25)7-16(21)22(31)27-18-5-4-6-29(23(18)32)20-8-17(20)26/h4-7,9-10,14,17,20H,8,11-13H2,1-3H3,(H,27,31)/t17?,20?,24-,25-. The summed E-state index contributed by atoms with van der Waals surface area (Å²) in [6, 6.07) is 6.22. The number of nitrogens with zero attached hydrogens (tertiary/aromatic N) is 3. The van der Waals surface area contributed by atoms with Crippen molar-refractivity contribution in [2.45, 2.75) is 69.5 Å². The third-order valence-electron chi connectivity index (χ3n) is 7.06. The van der Waals surface area contributed by atoms with Crippen LogP contribution in [-0.2, 0) is 10.3 Å². The van der Waals surface area contributed by atoms with E-state index in [-0.39, 0.29) is 22.9 Å². The lowest BCUT2D eigenvalue weighted by Gasteiger charge is -2.42. The molecule has 2 aliphatic heterocycles. The summed E-state index contributed by atoms with van der Waals surface area (Å²) >= 11 is 0. The fourth-order valence-corrected chi connectivity index (χ4v) is 5.40. The number of fused-ring (bicyclic) bond motifs is 2. The quantitative estimate of drug-likeness (QED) is 0.597. The van der Waals surface area contributed by atoms with Gasteiger partial charge in [-0.25, -0.2) is 4.39 Å². The molecule has 2 saturated carbocycles. The van der Waals surface area contributed by atoms with Crippen LogP contribution in [0.4, 0.5) is 10.1 Å². The summed E-state index contributed by atoms with van der Waals surface area (Å²) in [5.41, 5.74) is 0.515. The van der Waals surface area contributed by atoms with Gasteiger partial charge in [0.15, 0.2) is 0 Å². The van der Waals surface area contributed by atoms with Gasteiger partial charge in [-0.15, -0.1) is 0 Å². The molecule has 3 aromatic rings. The Labute approximate surface area is 195 Å². The first-order valence-corrected chi connectivity index (χ1v) is 11.7. The first-order chi connectivity index (χ1) is 16.2. The first kappa shape index (κ1) is 21.3. The minimum Gasteiger partial charge on any atom is -0.490 e. The van der Waals surface area contributed by atoms with Crippen LogP contribution in [0.15, 0.2) is 41.5 Å². The van der Waals surface area contributed by atoms with Crippen molar-refractivity contribution in [3.05, 3.63) is 52.6 Å². The van der Waals surface area contributed by atoms with Crippen molar-refractivity contribution in [2.75, 3.05) is 11.9 Å². The second kappa shape index (κ2) is 7.15. The number of aromatic nitrogens is 3. The van der Waals surface area contributed by atoms with Crippen molar-refractivity contribution in [1.82, 2.24) is 14.3 Å². The number of rotatable bonds is 6. The van der Waals surface area contributed by atoms with Gasteiger partial charge in [0, 0.05) is 43.1 Å². The van der Waals surface area contributed by atoms with Crippen LogP contribution in [0.2, 0.25) is 0 Å². The van der Waals surface area contributed by atoms with E-state index in [0.717, 1.165) is 23.7 Å². The van der Waals surface area contributed by atoms with Gasteiger partial charge in [0.25, 0.3) is 11.5 Å². The minimum atomic E-state index is -1.02. The molecular formula is C25H27FN4O4. The van der Waals surface area contributed by atoms with E-state index in [2.05, 4.69) is 12.2 Å². The Kier molecular flexibility index (Phi) is 4.49. The van der Waals surface area contributed by atoms with Gasteiger partial charge in [-0.2, -0.15) is 5.10 Å². The number of hydrogen-bond donors (Lipinski definition) is 1. The summed E-state index contributed by atoms with van der Waals surface area (Å²) in [6.45, 7) is 6.51. The predicted octanol–water partition coefficient (Wildman–Crippen LogP) is 3.80. The molecule has 1 amide bonds. The third-order valence-corrected chi connectivity index (χ3v) is 7.06. The highest BCUT2D eigenvalue weighted by Gasteiger charge is 2.61. The zero-order valence-corrected chi connectivity index (χ0v) is 19.4. The third kappa shape index (κ3) is 3.33. The van der Waals surface area contributed by atoms with E-state index in [0.29, 0.717) is 24.3 Å². The molecule has 2 atom stereocenters. The molecule has 2 unspecified atom stereocenters. The molecule has 2 bridgehead atoms. The van der Waals surface area contributed by atoms with Crippen molar-refractivity contribution in [2.24, 2.45) is 0 Å². The molecule has 8 nitrogen and oxygen atoms in total. The fraction of sp³-hybridized carbons (Fsp3) is 0.480. The zero-order chi connectivity index (χ0) is 23.8. The number of hydrogen-bond acceptors (Lipinski definition) is 5. The highest BCUT2D eigenvalue weighted by molar-refractivity contribution is 6.08. The Morgan fingerprint density at radius 2 is 2.12 bits per heavy atom. The highest BCUT2D eigenvalue weighted by atomic mass is 19.1. The summed E-state index contributed by atoms with van der Waals surface area (Å²) < 4.78 is 28.7. The molecule has 2 saturated heterocycles. The van der Waals surface area contributed by atoms with Gasteiger partial charge < -0.3 is 19.4 Å². The van der Waals surface area contributed by atoms with E-state index >= 15 is 0 Å². The predicted molar refractivity (Wildman–Crippen MR) is 124 cm³/mol. The van der Waals surface area contributed by atoms with Gasteiger partial charge in [0.1, 0.15) is 17.6 Å². The van der Waals surface area contributed by atoms with Crippen LogP contribution in [0.5, 0.6) is 5.75 Å². The Morgan fingerprint density at radius 3 is 2.76 bits per heavy atom. The van der Waals surface area contributed by atoms with E-state index in [1.54, 1.807) is 24.4 Å². The SMILES string of the molecule is CC(C)Oc1cc2nn([C@]34CO[C@](C)(C3)C4)cc2cc1C(=O)Nc1cccn(C2CC2F)c1=O. The maximum absolute atomic E-state index is 13.5. The number of halogens is 1. The van der Waals surface area contributed by atoms with Crippen LogP contribution in [0.25, 0.3) is 10.9 Å². The van der Waals surface area contributed by atoms with Gasteiger partial charge in [-0.3, -0.25) is 14.3 Å². The highest BCUT2D eigenvalue weighted by Crippen LogP contribution is 2.55. The molecule has 2 aliphatic carbocycles. The largest absolute Gasteiger partial charge is 0.490 e. The Bertz CT molecular complexity index is 1370. The van der Waals surface area contributed by atoms with Gasteiger partial charge in [0.2, 0.25) is 0 Å². The van der Waals surface area contributed by atoms with Crippen molar-refractivity contribution in [3.8, 4) is 5.75 Å². The van der Waals surface area contributed by atoms with Gasteiger partial charge >= 0.3 is 0 Å². The van der Waals surface area contributed by atoms with Crippen LogP contribution in [0.3, 0.4) is 0 Å². The van der Waals surface area contributed by atoms with Gasteiger partial charge in [-0.1, -0.05) is 0 Å².